The Balaban J connectivity index is 2.38. The SMILES string of the molecule is COC1=C(OC)[C@@H]([C@@]2(O)C(O)C2(C)C)OC1=O. The molecule has 0 radical (unpaired) electrons. The largest absolute Gasteiger partial charge is 0.493 e. The van der Waals surface area contributed by atoms with E-state index in [0.29, 0.717) is 0 Å². The molecule has 1 saturated carbocycles. The van der Waals surface area contributed by atoms with Gasteiger partial charge in [0.05, 0.1) is 20.3 Å². The van der Waals surface area contributed by atoms with E-state index in [1.165, 1.54) is 14.2 Å². The molecule has 1 heterocycles. The van der Waals surface area contributed by atoms with Gasteiger partial charge in [0, 0.05) is 5.41 Å². The number of carbonyl (C=O) groups is 1. The summed E-state index contributed by atoms with van der Waals surface area (Å²) in [6, 6.07) is 0. The molecule has 2 N–H and O–H groups in total. The second-order valence-electron chi connectivity index (χ2n) is 4.84. The molecule has 2 rings (SSSR count). The van der Waals surface area contributed by atoms with Gasteiger partial charge in [-0.05, 0) is 0 Å². The van der Waals surface area contributed by atoms with Gasteiger partial charge in [0.1, 0.15) is 5.60 Å². The van der Waals surface area contributed by atoms with E-state index in [4.69, 9.17) is 14.2 Å². The van der Waals surface area contributed by atoms with Crippen LogP contribution in [0.5, 0.6) is 0 Å². The van der Waals surface area contributed by atoms with Crippen LogP contribution in [0.15, 0.2) is 11.5 Å². The number of methoxy groups -OCH3 is 2. The summed E-state index contributed by atoms with van der Waals surface area (Å²) in [5.74, 6) is -0.650. The van der Waals surface area contributed by atoms with Crippen molar-refractivity contribution < 1.29 is 29.2 Å². The zero-order valence-corrected chi connectivity index (χ0v) is 10.2. The maximum absolute atomic E-state index is 11.5. The van der Waals surface area contributed by atoms with Crippen molar-refractivity contribution in [1.29, 1.82) is 0 Å². The van der Waals surface area contributed by atoms with Crippen LogP contribution in [0.4, 0.5) is 0 Å². The molecule has 1 unspecified atom stereocenters. The van der Waals surface area contributed by atoms with Crippen LogP contribution in [0.3, 0.4) is 0 Å². The van der Waals surface area contributed by atoms with E-state index in [1.54, 1.807) is 13.8 Å². The molecule has 0 spiro atoms. The molecular formula is C11H16O6. The van der Waals surface area contributed by atoms with E-state index in [0.717, 1.165) is 0 Å². The lowest BCUT2D eigenvalue weighted by Gasteiger charge is -2.21. The molecule has 17 heavy (non-hydrogen) atoms. The van der Waals surface area contributed by atoms with Crippen molar-refractivity contribution in [2.75, 3.05) is 14.2 Å². The number of rotatable bonds is 3. The third-order valence-electron chi connectivity index (χ3n) is 3.75. The number of aliphatic hydroxyl groups is 2. The zero-order chi connectivity index (χ0) is 13.0. The van der Waals surface area contributed by atoms with E-state index in [2.05, 4.69) is 0 Å². The first-order valence-electron chi connectivity index (χ1n) is 5.26. The number of ether oxygens (including phenoxy) is 3. The molecule has 0 aromatic rings. The third kappa shape index (κ3) is 1.25. The molecule has 1 fully saturated rings. The first kappa shape index (κ1) is 12.2. The minimum absolute atomic E-state index is 0.0687. The normalized spacial score (nSPS) is 39.1. The quantitative estimate of drug-likeness (QED) is 0.654. The van der Waals surface area contributed by atoms with Crippen molar-refractivity contribution >= 4 is 5.97 Å². The second-order valence-corrected chi connectivity index (χ2v) is 4.84. The van der Waals surface area contributed by atoms with Crippen LogP contribution in [-0.2, 0) is 19.0 Å². The fourth-order valence-electron chi connectivity index (χ4n) is 2.33. The van der Waals surface area contributed by atoms with Gasteiger partial charge < -0.3 is 24.4 Å². The Hall–Kier alpha value is -1.27. The lowest BCUT2D eigenvalue weighted by Crippen LogP contribution is -2.37. The molecule has 2 aliphatic rings. The Morgan fingerprint density at radius 2 is 1.82 bits per heavy atom. The van der Waals surface area contributed by atoms with Gasteiger partial charge in [0.25, 0.3) is 0 Å². The summed E-state index contributed by atoms with van der Waals surface area (Å²) in [6.07, 6.45) is -2.01. The Bertz CT molecular complexity index is 399. The third-order valence-corrected chi connectivity index (χ3v) is 3.75. The highest BCUT2D eigenvalue weighted by atomic mass is 16.6. The molecule has 0 saturated heterocycles. The van der Waals surface area contributed by atoms with Crippen molar-refractivity contribution in [3.8, 4) is 0 Å². The summed E-state index contributed by atoms with van der Waals surface area (Å²) in [6.45, 7) is 3.37. The maximum atomic E-state index is 11.5. The highest BCUT2D eigenvalue weighted by molar-refractivity contribution is 5.90. The first-order chi connectivity index (χ1) is 7.82. The summed E-state index contributed by atoms with van der Waals surface area (Å²) in [4.78, 5) is 11.5. The Morgan fingerprint density at radius 1 is 1.29 bits per heavy atom. The van der Waals surface area contributed by atoms with E-state index in [9.17, 15) is 15.0 Å². The summed E-state index contributed by atoms with van der Waals surface area (Å²) >= 11 is 0. The van der Waals surface area contributed by atoms with Gasteiger partial charge in [-0.25, -0.2) is 4.79 Å². The average Bonchev–Trinajstić information content (AvgIpc) is 2.63. The van der Waals surface area contributed by atoms with Crippen molar-refractivity contribution in [1.82, 2.24) is 0 Å². The molecule has 1 aliphatic carbocycles. The van der Waals surface area contributed by atoms with Crippen molar-refractivity contribution in [2.45, 2.75) is 31.7 Å². The average molecular weight is 244 g/mol. The van der Waals surface area contributed by atoms with Crippen molar-refractivity contribution in [3.63, 3.8) is 0 Å². The monoisotopic (exact) mass is 244 g/mol. The molecule has 0 aromatic heterocycles. The summed E-state index contributed by atoms with van der Waals surface area (Å²) in [5.41, 5.74) is -2.29. The summed E-state index contributed by atoms with van der Waals surface area (Å²) < 4.78 is 14.9. The second kappa shape index (κ2) is 3.36. The summed E-state index contributed by atoms with van der Waals surface area (Å²) in [7, 11) is 2.67. The van der Waals surface area contributed by atoms with Gasteiger partial charge in [-0.1, -0.05) is 13.8 Å². The van der Waals surface area contributed by atoms with E-state index >= 15 is 0 Å². The molecule has 0 amide bonds. The zero-order valence-electron chi connectivity index (χ0n) is 10.2. The minimum Gasteiger partial charge on any atom is -0.493 e. The van der Waals surface area contributed by atoms with Gasteiger partial charge in [-0.3, -0.25) is 0 Å². The fourth-order valence-corrected chi connectivity index (χ4v) is 2.33. The number of esters is 1. The highest BCUT2D eigenvalue weighted by Gasteiger charge is 2.78. The Labute approximate surface area is 98.8 Å². The van der Waals surface area contributed by atoms with Gasteiger partial charge in [-0.15, -0.1) is 0 Å². The van der Waals surface area contributed by atoms with Crippen LogP contribution in [-0.4, -0.2) is 48.2 Å². The molecule has 6 heteroatoms. The molecule has 0 aromatic carbocycles. The summed E-state index contributed by atoms with van der Waals surface area (Å²) in [5, 5.41) is 20.1. The predicted molar refractivity (Wildman–Crippen MR) is 55.7 cm³/mol. The lowest BCUT2D eigenvalue weighted by molar-refractivity contribution is -0.151. The standard InChI is InChI=1S/C11H16O6/c1-10(2)9(13)11(10,14)7-5(15-3)6(16-4)8(12)17-7/h7,9,13-14H,1-4H3/t7-,9?,11+/m0/s1. The molecule has 6 nitrogen and oxygen atoms in total. The number of hydrogen-bond donors (Lipinski definition) is 2. The number of carbonyl (C=O) groups excluding carboxylic acids is 1. The first-order valence-corrected chi connectivity index (χ1v) is 5.26. The fraction of sp³-hybridized carbons (Fsp3) is 0.727. The highest BCUT2D eigenvalue weighted by Crippen LogP contribution is 2.60. The number of hydrogen-bond acceptors (Lipinski definition) is 6. The molecule has 1 aliphatic heterocycles. The lowest BCUT2D eigenvalue weighted by atomic mass is 10.0. The van der Waals surface area contributed by atoms with Gasteiger partial charge in [0.2, 0.25) is 5.76 Å². The maximum Gasteiger partial charge on any atom is 0.378 e. The van der Waals surface area contributed by atoms with Crippen LogP contribution in [0.2, 0.25) is 0 Å². The van der Waals surface area contributed by atoms with Crippen LogP contribution in [0.25, 0.3) is 0 Å². The Kier molecular flexibility index (Phi) is 2.41. The van der Waals surface area contributed by atoms with Crippen LogP contribution in [0.1, 0.15) is 13.8 Å². The van der Waals surface area contributed by atoms with Gasteiger partial charge in [0.15, 0.2) is 11.9 Å². The molecular weight excluding hydrogens is 228 g/mol. The molecule has 0 bridgehead atoms. The van der Waals surface area contributed by atoms with Gasteiger partial charge in [-0.2, -0.15) is 0 Å². The van der Waals surface area contributed by atoms with E-state index in [1.807, 2.05) is 0 Å². The van der Waals surface area contributed by atoms with Crippen LogP contribution in [0, 0.1) is 5.41 Å². The number of aliphatic hydroxyl groups excluding tert-OH is 1. The minimum atomic E-state index is -1.53. The van der Waals surface area contributed by atoms with Gasteiger partial charge >= 0.3 is 5.97 Å². The molecule has 96 valence electrons. The van der Waals surface area contributed by atoms with Crippen LogP contribution < -0.4 is 0 Å². The van der Waals surface area contributed by atoms with Crippen LogP contribution >= 0.6 is 0 Å². The topological polar surface area (TPSA) is 85.2 Å². The van der Waals surface area contributed by atoms with Crippen molar-refractivity contribution in [2.24, 2.45) is 5.41 Å². The Morgan fingerprint density at radius 3 is 2.18 bits per heavy atom. The number of cyclic esters (lactones) is 1. The molecule has 3 atom stereocenters. The van der Waals surface area contributed by atoms with E-state index in [-0.39, 0.29) is 11.5 Å². The van der Waals surface area contributed by atoms with Crippen molar-refractivity contribution in [3.05, 3.63) is 11.5 Å². The smallest absolute Gasteiger partial charge is 0.378 e. The van der Waals surface area contributed by atoms with E-state index < -0.39 is 29.2 Å². The predicted octanol–water partition coefficient (Wildman–Crippen LogP) is -0.452.